The van der Waals surface area contributed by atoms with Gasteiger partial charge in [-0.25, -0.2) is 18.5 Å². The quantitative estimate of drug-likeness (QED) is 0.352. The van der Waals surface area contributed by atoms with E-state index in [-0.39, 0.29) is 16.4 Å². The van der Waals surface area contributed by atoms with Gasteiger partial charge in [-0.05, 0) is 49.1 Å². The van der Waals surface area contributed by atoms with E-state index in [4.69, 9.17) is 5.14 Å². The number of nitrogens with zero attached hydrogens (tertiary/aromatic N) is 2. The Morgan fingerprint density at radius 1 is 1.12 bits per heavy atom. The Bertz CT molecular complexity index is 1300. The number of nitrogens with two attached hydrogens (primary N) is 1. The van der Waals surface area contributed by atoms with Crippen molar-refractivity contribution in [1.82, 2.24) is 14.9 Å². The van der Waals surface area contributed by atoms with Crippen molar-refractivity contribution in [3.63, 3.8) is 0 Å². The van der Waals surface area contributed by atoms with Crippen LogP contribution in [-0.2, 0) is 27.8 Å². The van der Waals surface area contributed by atoms with Gasteiger partial charge in [0.2, 0.25) is 15.9 Å². The highest BCUT2D eigenvalue weighted by Gasteiger charge is 2.19. The Labute approximate surface area is 197 Å². The third kappa shape index (κ3) is 6.43. The van der Waals surface area contributed by atoms with Crippen molar-refractivity contribution >= 4 is 38.6 Å². The maximum absolute atomic E-state index is 13.2. The Kier molecular flexibility index (Phi) is 7.93. The molecule has 10 heteroatoms. The first-order chi connectivity index (χ1) is 15.6. The van der Waals surface area contributed by atoms with Crippen LogP contribution in [0.4, 0.5) is 0 Å². The molecule has 1 heterocycles. The van der Waals surface area contributed by atoms with Gasteiger partial charge in [-0.2, -0.15) is 0 Å². The van der Waals surface area contributed by atoms with Crippen molar-refractivity contribution in [3.8, 4) is 0 Å². The van der Waals surface area contributed by atoms with Gasteiger partial charge in [0.05, 0.1) is 21.0 Å². The summed E-state index contributed by atoms with van der Waals surface area (Å²) in [5.41, 5.74) is 1.24. The molecule has 0 aliphatic heterocycles. The Morgan fingerprint density at radius 3 is 2.42 bits per heavy atom. The lowest BCUT2D eigenvalue weighted by atomic mass is 10.1. The van der Waals surface area contributed by atoms with E-state index < -0.39 is 15.3 Å². The molecular formula is C23H28N4O4S2. The molecule has 0 fully saturated rings. The van der Waals surface area contributed by atoms with E-state index in [9.17, 15) is 18.0 Å². The molecule has 0 aliphatic carbocycles. The second-order valence-electron chi connectivity index (χ2n) is 8.21. The number of nitrogens with one attached hydrogen (secondary N) is 1. The number of benzene rings is 2. The first-order valence-corrected chi connectivity index (χ1v) is 13.0. The van der Waals surface area contributed by atoms with Crippen LogP contribution in [0.15, 0.2) is 63.4 Å². The van der Waals surface area contributed by atoms with Crippen LogP contribution in [0, 0.1) is 5.92 Å². The normalized spacial score (nSPS) is 12.8. The SMILES string of the molecule is CC(C)CNC(=O)C(C)Sc1nc2ccccc2c(=O)n1CCc1ccc(S(N)(=O)=O)cc1. The average Bonchev–Trinajstić information content (AvgIpc) is 2.77. The number of hydrogen-bond acceptors (Lipinski definition) is 6. The molecular weight excluding hydrogens is 460 g/mol. The number of primary sulfonamides is 1. The van der Waals surface area contributed by atoms with Gasteiger partial charge < -0.3 is 5.32 Å². The lowest BCUT2D eigenvalue weighted by Gasteiger charge is -2.17. The fourth-order valence-corrected chi connectivity index (χ4v) is 4.66. The Hall–Kier alpha value is -2.69. The molecule has 1 amide bonds. The van der Waals surface area contributed by atoms with Gasteiger partial charge in [-0.3, -0.25) is 14.2 Å². The number of amides is 1. The molecule has 0 radical (unpaired) electrons. The Balaban J connectivity index is 1.88. The van der Waals surface area contributed by atoms with Crippen molar-refractivity contribution in [1.29, 1.82) is 0 Å². The summed E-state index contributed by atoms with van der Waals surface area (Å²) in [6.45, 7) is 6.74. The number of thioether (sulfide) groups is 1. The van der Waals surface area contributed by atoms with E-state index in [2.05, 4.69) is 10.3 Å². The minimum absolute atomic E-state index is 0.0354. The lowest BCUT2D eigenvalue weighted by molar-refractivity contribution is -0.120. The number of para-hydroxylation sites is 1. The molecule has 0 bridgehead atoms. The summed E-state index contributed by atoms with van der Waals surface area (Å²) in [6, 6.07) is 13.4. The predicted octanol–water partition coefficient (Wildman–Crippen LogP) is 2.54. The van der Waals surface area contributed by atoms with Gasteiger partial charge in [0.15, 0.2) is 5.16 Å². The average molecular weight is 489 g/mol. The summed E-state index contributed by atoms with van der Waals surface area (Å²) >= 11 is 1.24. The van der Waals surface area contributed by atoms with Gasteiger partial charge >= 0.3 is 0 Å². The number of fused-ring (bicyclic) bond motifs is 1. The number of aromatic nitrogens is 2. The second kappa shape index (κ2) is 10.5. The fourth-order valence-electron chi connectivity index (χ4n) is 3.18. The summed E-state index contributed by atoms with van der Waals surface area (Å²) in [5, 5.41) is 8.61. The van der Waals surface area contributed by atoms with Gasteiger partial charge in [0.1, 0.15) is 0 Å². The molecule has 3 N–H and O–H groups in total. The summed E-state index contributed by atoms with van der Waals surface area (Å²) in [7, 11) is -3.76. The number of rotatable bonds is 9. The number of carbonyl (C=O) groups is 1. The van der Waals surface area contributed by atoms with E-state index in [0.29, 0.717) is 41.5 Å². The number of carbonyl (C=O) groups excluding carboxylic acids is 1. The molecule has 8 nitrogen and oxygen atoms in total. The van der Waals surface area contributed by atoms with Gasteiger partial charge in [-0.1, -0.05) is 49.9 Å². The van der Waals surface area contributed by atoms with Crippen LogP contribution in [0.3, 0.4) is 0 Å². The van der Waals surface area contributed by atoms with Crippen molar-refractivity contribution < 1.29 is 13.2 Å². The third-order valence-corrected chi connectivity index (χ3v) is 7.06. The highest BCUT2D eigenvalue weighted by molar-refractivity contribution is 8.00. The van der Waals surface area contributed by atoms with Crippen LogP contribution in [0.5, 0.6) is 0 Å². The number of hydrogen-bond donors (Lipinski definition) is 2. The van der Waals surface area contributed by atoms with E-state index in [1.54, 1.807) is 41.8 Å². The zero-order valence-electron chi connectivity index (χ0n) is 18.8. The Morgan fingerprint density at radius 2 is 1.79 bits per heavy atom. The first-order valence-electron chi connectivity index (χ1n) is 10.6. The van der Waals surface area contributed by atoms with E-state index >= 15 is 0 Å². The lowest BCUT2D eigenvalue weighted by Crippen LogP contribution is -2.34. The minimum atomic E-state index is -3.76. The molecule has 1 atom stereocenters. The van der Waals surface area contributed by atoms with E-state index in [0.717, 1.165) is 5.56 Å². The fraction of sp³-hybridized carbons (Fsp3) is 0.348. The first kappa shape index (κ1) is 24.9. The molecule has 1 aromatic heterocycles. The molecule has 33 heavy (non-hydrogen) atoms. The highest BCUT2D eigenvalue weighted by Crippen LogP contribution is 2.23. The third-order valence-electron chi connectivity index (χ3n) is 5.04. The van der Waals surface area contributed by atoms with Crippen LogP contribution < -0.4 is 16.0 Å². The van der Waals surface area contributed by atoms with E-state index in [1.807, 2.05) is 19.9 Å². The molecule has 2 aromatic carbocycles. The predicted molar refractivity (Wildman–Crippen MR) is 131 cm³/mol. The standard InChI is InChI=1S/C23H28N4O4S2/c1-15(2)14-25-21(28)16(3)32-23-26-20-7-5-4-6-19(20)22(29)27(23)13-12-17-8-10-18(11-9-17)33(24,30)31/h4-11,15-16H,12-14H2,1-3H3,(H,25,28)(H2,24,30,31). The maximum Gasteiger partial charge on any atom is 0.262 e. The van der Waals surface area contributed by atoms with Crippen molar-refractivity contribution in [2.45, 2.75) is 49.0 Å². The summed E-state index contributed by atoms with van der Waals surface area (Å²) in [5.74, 6) is 0.227. The summed E-state index contributed by atoms with van der Waals surface area (Å²) < 4.78 is 24.5. The van der Waals surface area contributed by atoms with Crippen LogP contribution in [0.2, 0.25) is 0 Å². The monoisotopic (exact) mass is 488 g/mol. The van der Waals surface area contributed by atoms with Crippen molar-refractivity contribution in [2.24, 2.45) is 11.1 Å². The van der Waals surface area contributed by atoms with Gasteiger partial charge in [0, 0.05) is 13.1 Å². The molecule has 3 rings (SSSR count). The van der Waals surface area contributed by atoms with Crippen molar-refractivity contribution in [2.75, 3.05) is 6.54 Å². The van der Waals surface area contributed by atoms with Crippen LogP contribution >= 0.6 is 11.8 Å². The zero-order valence-corrected chi connectivity index (χ0v) is 20.4. The molecule has 0 saturated heterocycles. The van der Waals surface area contributed by atoms with E-state index in [1.165, 1.54) is 23.9 Å². The van der Waals surface area contributed by atoms with Crippen LogP contribution in [0.25, 0.3) is 10.9 Å². The highest BCUT2D eigenvalue weighted by atomic mass is 32.2. The summed E-state index contributed by atoms with van der Waals surface area (Å²) in [6.07, 6.45) is 0.478. The molecule has 3 aromatic rings. The largest absolute Gasteiger partial charge is 0.355 e. The van der Waals surface area contributed by atoms with Gasteiger partial charge in [0.25, 0.3) is 5.56 Å². The molecule has 0 spiro atoms. The van der Waals surface area contributed by atoms with Crippen LogP contribution in [0.1, 0.15) is 26.3 Å². The maximum atomic E-state index is 13.2. The van der Waals surface area contributed by atoms with Gasteiger partial charge in [-0.15, -0.1) is 0 Å². The summed E-state index contributed by atoms with van der Waals surface area (Å²) in [4.78, 5) is 30.4. The second-order valence-corrected chi connectivity index (χ2v) is 11.1. The number of aryl methyl sites for hydroxylation is 1. The molecule has 0 aliphatic rings. The topological polar surface area (TPSA) is 124 Å². The molecule has 0 saturated carbocycles. The number of sulfonamides is 1. The smallest absolute Gasteiger partial charge is 0.262 e. The van der Waals surface area contributed by atoms with Crippen molar-refractivity contribution in [3.05, 3.63) is 64.4 Å². The molecule has 176 valence electrons. The van der Waals surface area contributed by atoms with Crippen LogP contribution in [-0.4, -0.2) is 35.7 Å². The molecule has 1 unspecified atom stereocenters. The zero-order chi connectivity index (χ0) is 24.2. The minimum Gasteiger partial charge on any atom is -0.355 e.